The van der Waals surface area contributed by atoms with Crippen molar-refractivity contribution < 1.29 is 13.9 Å². The zero-order chi connectivity index (χ0) is 19.8. The summed E-state index contributed by atoms with van der Waals surface area (Å²) < 4.78 is 26.4. The Morgan fingerprint density at radius 3 is 2.48 bits per heavy atom. The molecule has 0 heterocycles. The minimum absolute atomic E-state index is 0. The minimum Gasteiger partial charge on any atom is -0.490 e. The van der Waals surface area contributed by atoms with Crippen LogP contribution in [-0.4, -0.2) is 12.6 Å². The third-order valence-electron chi connectivity index (χ3n) is 5.15. The zero-order valence-corrected chi connectivity index (χ0v) is 19.3. The molecule has 0 amide bonds. The van der Waals surface area contributed by atoms with Crippen molar-refractivity contribution in [1.82, 2.24) is 5.32 Å². The molecule has 1 aliphatic carbocycles. The molecule has 160 valence electrons. The molecule has 1 fully saturated rings. The van der Waals surface area contributed by atoms with E-state index in [0.29, 0.717) is 29.7 Å². The maximum atomic E-state index is 13.9. The van der Waals surface area contributed by atoms with Gasteiger partial charge in [-0.05, 0) is 59.5 Å². The molecule has 0 atom stereocenters. The summed E-state index contributed by atoms with van der Waals surface area (Å²) in [4.78, 5) is 0. The van der Waals surface area contributed by atoms with E-state index in [1.165, 1.54) is 44.6 Å². The van der Waals surface area contributed by atoms with Crippen LogP contribution in [0.25, 0.3) is 0 Å². The van der Waals surface area contributed by atoms with Crippen molar-refractivity contribution in [3.8, 4) is 11.5 Å². The molecule has 0 aliphatic heterocycles. The number of nitrogens with one attached hydrogen (secondary N) is 1. The largest absolute Gasteiger partial charge is 0.490 e. The SMILES string of the molecule is CCOc1cc(CNC2CCCCCC2)cc(Br)c1OCc1ccccc1F.Cl. The lowest BCUT2D eigenvalue weighted by atomic mass is 10.1. The number of hydrogen-bond acceptors (Lipinski definition) is 3. The molecular weight excluding hydrogens is 457 g/mol. The highest BCUT2D eigenvalue weighted by Gasteiger charge is 2.15. The van der Waals surface area contributed by atoms with Gasteiger partial charge in [0, 0.05) is 18.2 Å². The lowest BCUT2D eigenvalue weighted by Gasteiger charge is -2.19. The fourth-order valence-electron chi connectivity index (χ4n) is 3.64. The number of rotatable bonds is 8. The maximum absolute atomic E-state index is 13.9. The van der Waals surface area contributed by atoms with E-state index in [0.717, 1.165) is 16.6 Å². The Balaban J connectivity index is 0.00000300. The molecule has 1 saturated carbocycles. The smallest absolute Gasteiger partial charge is 0.175 e. The van der Waals surface area contributed by atoms with E-state index >= 15 is 0 Å². The van der Waals surface area contributed by atoms with Crippen LogP contribution in [-0.2, 0) is 13.2 Å². The van der Waals surface area contributed by atoms with Crippen molar-refractivity contribution in [2.24, 2.45) is 0 Å². The predicted molar refractivity (Wildman–Crippen MR) is 122 cm³/mol. The highest BCUT2D eigenvalue weighted by molar-refractivity contribution is 9.10. The number of benzene rings is 2. The zero-order valence-electron chi connectivity index (χ0n) is 16.9. The summed E-state index contributed by atoms with van der Waals surface area (Å²) >= 11 is 3.61. The molecule has 1 aliphatic rings. The first-order valence-electron chi connectivity index (χ1n) is 10.2. The van der Waals surface area contributed by atoms with Crippen molar-refractivity contribution in [1.29, 1.82) is 0 Å². The van der Waals surface area contributed by atoms with Gasteiger partial charge in [-0.3, -0.25) is 0 Å². The highest BCUT2D eigenvalue weighted by atomic mass is 79.9. The monoisotopic (exact) mass is 485 g/mol. The van der Waals surface area contributed by atoms with E-state index in [1.807, 2.05) is 19.1 Å². The fourth-order valence-corrected chi connectivity index (χ4v) is 4.24. The highest BCUT2D eigenvalue weighted by Crippen LogP contribution is 2.37. The number of halogens is 3. The Labute approximate surface area is 187 Å². The van der Waals surface area contributed by atoms with Crippen molar-refractivity contribution in [2.45, 2.75) is 64.6 Å². The van der Waals surface area contributed by atoms with Gasteiger partial charge in [-0.2, -0.15) is 0 Å². The van der Waals surface area contributed by atoms with E-state index in [4.69, 9.17) is 9.47 Å². The molecule has 6 heteroatoms. The fraction of sp³-hybridized carbons (Fsp3) is 0.478. The Bertz CT molecular complexity index is 767. The van der Waals surface area contributed by atoms with Crippen molar-refractivity contribution >= 4 is 28.3 Å². The van der Waals surface area contributed by atoms with Gasteiger partial charge in [0.1, 0.15) is 12.4 Å². The second-order valence-corrected chi connectivity index (χ2v) is 8.14. The van der Waals surface area contributed by atoms with E-state index in [-0.39, 0.29) is 24.8 Å². The first kappa shape index (κ1) is 24.0. The molecule has 29 heavy (non-hydrogen) atoms. The molecular formula is C23H30BrClFNO2. The third kappa shape index (κ3) is 7.16. The summed E-state index contributed by atoms with van der Waals surface area (Å²) in [5, 5.41) is 3.69. The summed E-state index contributed by atoms with van der Waals surface area (Å²) in [5.74, 6) is 1.04. The average molecular weight is 487 g/mol. The Morgan fingerprint density at radius 2 is 1.79 bits per heavy atom. The van der Waals surface area contributed by atoms with Crippen LogP contribution in [0.15, 0.2) is 40.9 Å². The standard InChI is InChI=1S/C23H29BrFNO2.ClH/c1-2-27-22-14-17(15-26-19-10-5-3-4-6-11-19)13-20(24)23(22)28-16-18-9-7-8-12-21(18)25;/h7-9,12-14,19,26H,2-6,10-11,15-16H2,1H3;1H. The number of ether oxygens (including phenoxy) is 2. The molecule has 0 unspecified atom stereocenters. The molecule has 1 N–H and O–H groups in total. The van der Waals surface area contributed by atoms with Gasteiger partial charge in [-0.15, -0.1) is 12.4 Å². The summed E-state index contributed by atoms with van der Waals surface area (Å²) in [5.41, 5.74) is 1.67. The van der Waals surface area contributed by atoms with Gasteiger partial charge in [0.05, 0.1) is 11.1 Å². The van der Waals surface area contributed by atoms with Crippen molar-refractivity contribution in [3.63, 3.8) is 0 Å². The average Bonchev–Trinajstić information content (AvgIpc) is 2.96. The normalized spacial score (nSPS) is 14.7. The topological polar surface area (TPSA) is 30.5 Å². The number of hydrogen-bond donors (Lipinski definition) is 1. The van der Waals surface area contributed by atoms with Crippen LogP contribution in [0.1, 0.15) is 56.6 Å². The third-order valence-corrected chi connectivity index (χ3v) is 5.74. The predicted octanol–water partition coefficient (Wildman–Crippen LogP) is 6.80. The second kappa shape index (κ2) is 12.4. The summed E-state index contributed by atoms with van der Waals surface area (Å²) in [6.07, 6.45) is 7.84. The molecule has 3 nitrogen and oxygen atoms in total. The van der Waals surface area contributed by atoms with Crippen LogP contribution in [0.3, 0.4) is 0 Å². The lowest BCUT2D eigenvalue weighted by Crippen LogP contribution is -2.27. The Morgan fingerprint density at radius 1 is 1.07 bits per heavy atom. The summed E-state index contributed by atoms with van der Waals surface area (Å²) in [6, 6.07) is 11.3. The van der Waals surface area contributed by atoms with Crippen LogP contribution in [0, 0.1) is 5.82 Å². The first-order chi connectivity index (χ1) is 13.7. The molecule has 2 aromatic carbocycles. The first-order valence-corrected chi connectivity index (χ1v) is 11.0. The lowest BCUT2D eigenvalue weighted by molar-refractivity contribution is 0.264. The Hall–Kier alpha value is -1.30. The van der Waals surface area contributed by atoms with Crippen LogP contribution in [0.4, 0.5) is 4.39 Å². The molecule has 0 aromatic heterocycles. The van der Waals surface area contributed by atoms with E-state index in [2.05, 4.69) is 27.3 Å². The Kier molecular flexibility index (Phi) is 10.3. The van der Waals surface area contributed by atoms with Crippen LogP contribution >= 0.6 is 28.3 Å². The van der Waals surface area contributed by atoms with Crippen LogP contribution in [0.2, 0.25) is 0 Å². The van der Waals surface area contributed by atoms with Gasteiger partial charge in [-0.1, -0.05) is 43.9 Å². The van der Waals surface area contributed by atoms with Crippen molar-refractivity contribution in [3.05, 3.63) is 57.8 Å². The maximum Gasteiger partial charge on any atom is 0.175 e. The van der Waals surface area contributed by atoms with Crippen LogP contribution in [0.5, 0.6) is 11.5 Å². The van der Waals surface area contributed by atoms with Gasteiger partial charge >= 0.3 is 0 Å². The second-order valence-electron chi connectivity index (χ2n) is 7.29. The molecule has 2 aromatic rings. The summed E-state index contributed by atoms with van der Waals surface area (Å²) in [7, 11) is 0. The summed E-state index contributed by atoms with van der Waals surface area (Å²) in [6.45, 7) is 3.45. The van der Waals surface area contributed by atoms with E-state index in [9.17, 15) is 4.39 Å². The van der Waals surface area contributed by atoms with E-state index in [1.54, 1.807) is 12.1 Å². The van der Waals surface area contributed by atoms with Crippen molar-refractivity contribution in [2.75, 3.05) is 6.61 Å². The van der Waals surface area contributed by atoms with Gasteiger partial charge in [0.25, 0.3) is 0 Å². The van der Waals surface area contributed by atoms with Gasteiger partial charge in [0.15, 0.2) is 11.5 Å². The molecule has 0 saturated heterocycles. The molecule has 0 spiro atoms. The minimum atomic E-state index is -0.263. The van der Waals surface area contributed by atoms with E-state index < -0.39 is 0 Å². The van der Waals surface area contributed by atoms with Gasteiger partial charge < -0.3 is 14.8 Å². The molecule has 0 bridgehead atoms. The molecule has 0 radical (unpaired) electrons. The quantitative estimate of drug-likeness (QED) is 0.416. The molecule has 3 rings (SSSR count). The van der Waals surface area contributed by atoms with Gasteiger partial charge in [0.2, 0.25) is 0 Å². The van der Waals surface area contributed by atoms with Gasteiger partial charge in [-0.25, -0.2) is 4.39 Å². The van der Waals surface area contributed by atoms with Crippen LogP contribution < -0.4 is 14.8 Å².